The molecular weight excluding hydrogens is 272 g/mol. The molecule has 22 heavy (non-hydrogen) atoms. The molecule has 2 aromatic rings. The molecule has 2 N–H and O–H groups in total. The van der Waals surface area contributed by atoms with Crippen molar-refractivity contribution in [3.63, 3.8) is 0 Å². The molecule has 0 atom stereocenters. The predicted molar refractivity (Wildman–Crippen MR) is 87.1 cm³/mol. The van der Waals surface area contributed by atoms with Gasteiger partial charge in [0.2, 0.25) is 0 Å². The van der Waals surface area contributed by atoms with Crippen molar-refractivity contribution in [2.24, 2.45) is 17.8 Å². The first-order valence-electron chi connectivity index (χ1n) is 8.59. The maximum atomic E-state index is 10.7. The molecule has 0 aromatic heterocycles. The van der Waals surface area contributed by atoms with Crippen LogP contribution >= 0.6 is 0 Å². The lowest BCUT2D eigenvalue weighted by Gasteiger charge is -2.57. The van der Waals surface area contributed by atoms with Gasteiger partial charge in [-0.25, -0.2) is 0 Å². The van der Waals surface area contributed by atoms with Crippen molar-refractivity contribution in [1.29, 1.82) is 0 Å². The summed E-state index contributed by atoms with van der Waals surface area (Å²) in [6, 6.07) is 9.90. The largest absolute Gasteiger partial charge is 0.504 e. The van der Waals surface area contributed by atoms with Crippen LogP contribution in [0.1, 0.15) is 44.1 Å². The molecule has 4 fully saturated rings. The molecule has 0 unspecified atom stereocenters. The molecule has 2 heteroatoms. The molecule has 0 spiro atoms. The van der Waals surface area contributed by atoms with Gasteiger partial charge in [-0.1, -0.05) is 24.3 Å². The Hall–Kier alpha value is -1.70. The normalized spacial score (nSPS) is 36.1. The topological polar surface area (TPSA) is 40.5 Å². The van der Waals surface area contributed by atoms with Crippen LogP contribution < -0.4 is 0 Å². The standard InChI is InChI=1S/C20H22O2/c21-17-8-15-3-1-2-4-16(15)18(19(17)22)20-9-12-5-13(10-20)7-14(6-12)11-20/h1-4,8,12-14,21-22H,5-7,9-11H2. The van der Waals surface area contributed by atoms with Gasteiger partial charge in [0.15, 0.2) is 11.5 Å². The lowest BCUT2D eigenvalue weighted by Crippen LogP contribution is -2.48. The first-order chi connectivity index (χ1) is 10.6. The maximum absolute atomic E-state index is 10.7. The van der Waals surface area contributed by atoms with E-state index in [1.54, 1.807) is 6.07 Å². The molecule has 0 aliphatic heterocycles. The highest BCUT2D eigenvalue weighted by molar-refractivity contribution is 5.91. The summed E-state index contributed by atoms with van der Waals surface area (Å²) in [5, 5.41) is 23.1. The number of phenols is 2. The molecule has 0 saturated heterocycles. The van der Waals surface area contributed by atoms with E-state index in [9.17, 15) is 10.2 Å². The van der Waals surface area contributed by atoms with E-state index in [2.05, 4.69) is 6.07 Å². The fraction of sp³-hybridized carbons (Fsp3) is 0.500. The Labute approximate surface area is 130 Å². The van der Waals surface area contributed by atoms with Crippen LogP contribution in [0, 0.1) is 17.8 Å². The first kappa shape index (κ1) is 12.8. The summed E-state index contributed by atoms with van der Waals surface area (Å²) in [6.07, 6.45) is 7.74. The van der Waals surface area contributed by atoms with Crippen molar-refractivity contribution in [1.82, 2.24) is 0 Å². The van der Waals surface area contributed by atoms with E-state index in [1.807, 2.05) is 18.2 Å². The van der Waals surface area contributed by atoms with E-state index in [4.69, 9.17) is 0 Å². The van der Waals surface area contributed by atoms with Gasteiger partial charge in [-0.15, -0.1) is 0 Å². The number of rotatable bonds is 1. The molecule has 4 saturated carbocycles. The summed E-state index contributed by atoms with van der Waals surface area (Å²) in [6.45, 7) is 0. The Morgan fingerprint density at radius 1 is 0.864 bits per heavy atom. The Balaban J connectivity index is 1.78. The van der Waals surface area contributed by atoms with Crippen molar-refractivity contribution in [2.45, 2.75) is 43.9 Å². The smallest absolute Gasteiger partial charge is 0.161 e. The van der Waals surface area contributed by atoms with Crippen LogP contribution in [-0.4, -0.2) is 10.2 Å². The third kappa shape index (κ3) is 1.61. The molecule has 0 amide bonds. The summed E-state index contributed by atoms with van der Waals surface area (Å²) in [5.41, 5.74) is 1.14. The molecule has 2 aromatic carbocycles. The van der Waals surface area contributed by atoms with Crippen molar-refractivity contribution >= 4 is 10.8 Å². The van der Waals surface area contributed by atoms with Crippen molar-refractivity contribution in [2.75, 3.05) is 0 Å². The van der Waals surface area contributed by atoms with Crippen LogP contribution in [0.15, 0.2) is 30.3 Å². The van der Waals surface area contributed by atoms with Crippen molar-refractivity contribution in [3.05, 3.63) is 35.9 Å². The maximum Gasteiger partial charge on any atom is 0.161 e. The Bertz CT molecular complexity index is 726. The van der Waals surface area contributed by atoms with Gasteiger partial charge in [0, 0.05) is 11.0 Å². The molecule has 0 radical (unpaired) electrons. The van der Waals surface area contributed by atoms with Gasteiger partial charge >= 0.3 is 0 Å². The van der Waals surface area contributed by atoms with Crippen molar-refractivity contribution < 1.29 is 10.2 Å². The fourth-order valence-corrected chi connectivity index (χ4v) is 6.28. The van der Waals surface area contributed by atoms with Crippen LogP contribution in [-0.2, 0) is 5.41 Å². The van der Waals surface area contributed by atoms with E-state index < -0.39 is 0 Å². The number of hydrogen-bond acceptors (Lipinski definition) is 2. The van der Waals surface area contributed by atoms with Crippen LogP contribution in [0.3, 0.4) is 0 Å². The summed E-state index contributed by atoms with van der Waals surface area (Å²) in [4.78, 5) is 0. The second-order valence-electron chi connectivity index (χ2n) is 8.04. The Morgan fingerprint density at radius 2 is 1.45 bits per heavy atom. The van der Waals surface area contributed by atoms with E-state index >= 15 is 0 Å². The van der Waals surface area contributed by atoms with Crippen LogP contribution in [0.4, 0.5) is 0 Å². The highest BCUT2D eigenvalue weighted by Gasteiger charge is 2.53. The molecule has 4 aliphatic carbocycles. The fourth-order valence-electron chi connectivity index (χ4n) is 6.28. The molecule has 2 nitrogen and oxygen atoms in total. The Kier molecular flexibility index (Phi) is 2.44. The number of benzene rings is 2. The zero-order valence-electron chi connectivity index (χ0n) is 12.8. The van der Waals surface area contributed by atoms with Crippen LogP contribution in [0.25, 0.3) is 10.8 Å². The van der Waals surface area contributed by atoms with Crippen LogP contribution in [0.5, 0.6) is 11.5 Å². The number of phenolic OH excluding ortho intramolecular Hbond substituents is 2. The average Bonchev–Trinajstić information content (AvgIpc) is 2.46. The number of aromatic hydroxyl groups is 2. The molecule has 114 valence electrons. The second-order valence-corrected chi connectivity index (χ2v) is 8.04. The summed E-state index contributed by atoms with van der Waals surface area (Å²) in [7, 11) is 0. The van der Waals surface area contributed by atoms with Gasteiger partial charge in [-0.3, -0.25) is 0 Å². The SMILES string of the molecule is Oc1cc2ccccc2c(C23CC4CC(CC(C4)C2)C3)c1O. The lowest BCUT2D eigenvalue weighted by molar-refractivity contribution is -0.00553. The second kappa shape index (κ2) is 4.18. The minimum absolute atomic E-state index is 0.0458. The molecule has 0 heterocycles. The summed E-state index contributed by atoms with van der Waals surface area (Å²) in [5.74, 6) is 2.66. The predicted octanol–water partition coefficient (Wildman–Crippen LogP) is 4.72. The van der Waals surface area contributed by atoms with Gasteiger partial charge in [0.05, 0.1) is 0 Å². The van der Waals surface area contributed by atoms with E-state index in [0.717, 1.165) is 34.1 Å². The van der Waals surface area contributed by atoms with Gasteiger partial charge in [0.1, 0.15) is 0 Å². The zero-order valence-corrected chi connectivity index (χ0v) is 12.8. The summed E-state index contributed by atoms with van der Waals surface area (Å²) < 4.78 is 0. The van der Waals surface area contributed by atoms with Gasteiger partial charge in [-0.2, -0.15) is 0 Å². The third-order valence-electron chi connectivity index (χ3n) is 6.57. The average molecular weight is 294 g/mol. The monoisotopic (exact) mass is 294 g/mol. The highest BCUT2D eigenvalue weighted by Crippen LogP contribution is 2.63. The molecule has 4 bridgehead atoms. The lowest BCUT2D eigenvalue weighted by atomic mass is 9.47. The minimum atomic E-state index is 0.0458. The van der Waals surface area contributed by atoms with E-state index in [0.29, 0.717) is 0 Å². The molecule has 6 rings (SSSR count). The third-order valence-corrected chi connectivity index (χ3v) is 6.57. The van der Waals surface area contributed by atoms with Gasteiger partial charge < -0.3 is 10.2 Å². The number of fused-ring (bicyclic) bond motifs is 1. The highest BCUT2D eigenvalue weighted by atomic mass is 16.3. The minimum Gasteiger partial charge on any atom is -0.504 e. The number of hydrogen-bond donors (Lipinski definition) is 2. The molecule has 4 aliphatic rings. The molecular formula is C20H22O2. The van der Waals surface area contributed by atoms with Crippen molar-refractivity contribution in [3.8, 4) is 11.5 Å². The van der Waals surface area contributed by atoms with Gasteiger partial charge in [0.25, 0.3) is 0 Å². The van der Waals surface area contributed by atoms with E-state index in [1.165, 1.54) is 38.5 Å². The first-order valence-corrected chi connectivity index (χ1v) is 8.59. The quantitative estimate of drug-likeness (QED) is 0.747. The summed E-state index contributed by atoms with van der Waals surface area (Å²) >= 11 is 0. The Morgan fingerprint density at radius 3 is 2.09 bits per heavy atom. The van der Waals surface area contributed by atoms with Gasteiger partial charge in [-0.05, 0) is 73.1 Å². The van der Waals surface area contributed by atoms with E-state index in [-0.39, 0.29) is 16.9 Å². The zero-order chi connectivity index (χ0) is 14.9. The van der Waals surface area contributed by atoms with Crippen LogP contribution in [0.2, 0.25) is 0 Å².